The topological polar surface area (TPSA) is 85.6 Å². The number of anilines is 3. The lowest BCUT2D eigenvalue weighted by Gasteiger charge is -2.10. The molecule has 0 aromatic heterocycles. The maximum absolute atomic E-state index is 8.96. The third kappa shape index (κ3) is 2.60. The van der Waals surface area contributed by atoms with Crippen LogP contribution in [0.5, 0.6) is 0 Å². The Kier molecular flexibility index (Phi) is 3.56. The molecule has 2 aromatic rings. The molecule has 0 fully saturated rings. The average Bonchev–Trinajstić information content (AvgIpc) is 2.43. The Balaban J connectivity index is 2.38. The lowest BCUT2D eigenvalue weighted by atomic mass is 10.1. The smallest absolute Gasteiger partial charge is 0.101 e. The van der Waals surface area contributed by atoms with Gasteiger partial charge in [-0.05, 0) is 30.3 Å². The number of para-hydroxylation sites is 1. The van der Waals surface area contributed by atoms with Crippen molar-refractivity contribution in [2.24, 2.45) is 0 Å². The number of nitrogens with zero attached hydrogens (tertiary/aromatic N) is 2. The van der Waals surface area contributed by atoms with Crippen LogP contribution in [0.25, 0.3) is 0 Å². The first-order valence-electron chi connectivity index (χ1n) is 5.41. The molecule has 19 heavy (non-hydrogen) atoms. The van der Waals surface area contributed by atoms with Crippen LogP contribution in [0.15, 0.2) is 36.4 Å². The summed E-state index contributed by atoms with van der Waals surface area (Å²) in [6, 6.07) is 14.1. The SMILES string of the molecule is N#Cc1ccc(Nc2cccc(Cl)c2N)cc1C#N. The summed E-state index contributed by atoms with van der Waals surface area (Å²) in [4.78, 5) is 0. The Labute approximate surface area is 115 Å². The molecule has 2 aromatic carbocycles. The van der Waals surface area contributed by atoms with E-state index in [4.69, 9.17) is 27.9 Å². The molecule has 0 aliphatic heterocycles. The highest BCUT2D eigenvalue weighted by molar-refractivity contribution is 6.33. The number of nitrogen functional groups attached to an aromatic ring is 1. The van der Waals surface area contributed by atoms with Crippen molar-refractivity contribution in [3.63, 3.8) is 0 Å². The number of halogens is 1. The molecule has 0 heterocycles. The molecule has 0 atom stereocenters. The van der Waals surface area contributed by atoms with E-state index in [1.54, 1.807) is 36.4 Å². The van der Waals surface area contributed by atoms with E-state index in [1.165, 1.54) is 0 Å². The maximum Gasteiger partial charge on any atom is 0.101 e. The van der Waals surface area contributed by atoms with Crippen LogP contribution in [0, 0.1) is 22.7 Å². The third-order valence-corrected chi connectivity index (χ3v) is 2.92. The van der Waals surface area contributed by atoms with E-state index in [2.05, 4.69) is 5.32 Å². The van der Waals surface area contributed by atoms with Gasteiger partial charge in [-0.1, -0.05) is 17.7 Å². The highest BCUT2D eigenvalue weighted by Crippen LogP contribution is 2.29. The van der Waals surface area contributed by atoms with Crippen molar-refractivity contribution in [2.45, 2.75) is 0 Å². The Morgan fingerprint density at radius 3 is 2.47 bits per heavy atom. The summed E-state index contributed by atoms with van der Waals surface area (Å²) in [5, 5.41) is 21.3. The normalized spacial score (nSPS) is 9.42. The zero-order valence-corrected chi connectivity index (χ0v) is 10.6. The monoisotopic (exact) mass is 268 g/mol. The van der Waals surface area contributed by atoms with Gasteiger partial charge in [0.15, 0.2) is 0 Å². The maximum atomic E-state index is 8.96. The summed E-state index contributed by atoms with van der Waals surface area (Å²) >= 11 is 5.93. The van der Waals surface area contributed by atoms with Gasteiger partial charge < -0.3 is 11.1 Å². The molecular formula is C14H9ClN4. The Hall–Kier alpha value is -2.69. The van der Waals surface area contributed by atoms with Crippen LogP contribution in [0.2, 0.25) is 5.02 Å². The Morgan fingerprint density at radius 1 is 1.05 bits per heavy atom. The molecule has 0 radical (unpaired) electrons. The summed E-state index contributed by atoms with van der Waals surface area (Å²) in [6.45, 7) is 0. The second kappa shape index (κ2) is 5.30. The molecule has 0 saturated heterocycles. The predicted octanol–water partition coefficient (Wildman–Crippen LogP) is 3.41. The van der Waals surface area contributed by atoms with Gasteiger partial charge in [-0.2, -0.15) is 10.5 Å². The van der Waals surface area contributed by atoms with Crippen molar-refractivity contribution in [3.05, 3.63) is 52.5 Å². The van der Waals surface area contributed by atoms with Crippen LogP contribution in [0.3, 0.4) is 0 Å². The van der Waals surface area contributed by atoms with Crippen LogP contribution >= 0.6 is 11.6 Å². The first-order chi connectivity index (χ1) is 9.15. The minimum Gasteiger partial charge on any atom is -0.396 e. The molecule has 2 rings (SSSR count). The number of nitrogens with one attached hydrogen (secondary N) is 1. The fourth-order valence-electron chi connectivity index (χ4n) is 1.61. The Morgan fingerprint density at radius 2 is 1.79 bits per heavy atom. The summed E-state index contributed by atoms with van der Waals surface area (Å²) in [7, 11) is 0. The number of nitriles is 2. The van der Waals surface area contributed by atoms with Crippen molar-refractivity contribution < 1.29 is 0 Å². The van der Waals surface area contributed by atoms with Gasteiger partial charge in [0.05, 0.1) is 27.5 Å². The van der Waals surface area contributed by atoms with Crippen molar-refractivity contribution in [1.29, 1.82) is 10.5 Å². The predicted molar refractivity (Wildman–Crippen MR) is 75.0 cm³/mol. The van der Waals surface area contributed by atoms with Gasteiger partial charge in [-0.15, -0.1) is 0 Å². The Bertz CT molecular complexity index is 710. The highest BCUT2D eigenvalue weighted by atomic mass is 35.5. The first-order valence-corrected chi connectivity index (χ1v) is 5.78. The highest BCUT2D eigenvalue weighted by Gasteiger charge is 2.06. The van der Waals surface area contributed by atoms with Gasteiger partial charge in [0.25, 0.3) is 0 Å². The van der Waals surface area contributed by atoms with Gasteiger partial charge in [0.2, 0.25) is 0 Å². The fourth-order valence-corrected chi connectivity index (χ4v) is 1.79. The number of rotatable bonds is 2. The van der Waals surface area contributed by atoms with Crippen molar-refractivity contribution in [3.8, 4) is 12.1 Å². The number of nitrogens with two attached hydrogens (primary N) is 1. The van der Waals surface area contributed by atoms with E-state index < -0.39 is 0 Å². The molecule has 0 spiro atoms. The van der Waals surface area contributed by atoms with E-state index in [1.807, 2.05) is 12.1 Å². The zero-order valence-electron chi connectivity index (χ0n) is 9.81. The molecular weight excluding hydrogens is 260 g/mol. The van der Waals surface area contributed by atoms with E-state index in [9.17, 15) is 0 Å². The molecule has 0 saturated carbocycles. The van der Waals surface area contributed by atoms with Crippen LogP contribution < -0.4 is 11.1 Å². The van der Waals surface area contributed by atoms with Crippen LogP contribution in [0.4, 0.5) is 17.1 Å². The minimum atomic E-state index is 0.313. The van der Waals surface area contributed by atoms with E-state index in [0.717, 1.165) is 0 Å². The number of hydrogen-bond donors (Lipinski definition) is 2. The van der Waals surface area contributed by atoms with Crippen molar-refractivity contribution >= 4 is 28.7 Å². The number of benzene rings is 2. The minimum absolute atomic E-state index is 0.313. The summed E-state index contributed by atoms with van der Waals surface area (Å²) < 4.78 is 0. The molecule has 0 bridgehead atoms. The summed E-state index contributed by atoms with van der Waals surface area (Å²) in [5.41, 5.74) is 8.26. The van der Waals surface area contributed by atoms with Crippen LogP contribution in [-0.4, -0.2) is 0 Å². The van der Waals surface area contributed by atoms with E-state index in [-0.39, 0.29) is 0 Å². The molecule has 0 amide bonds. The molecule has 0 aliphatic rings. The van der Waals surface area contributed by atoms with Crippen LogP contribution in [-0.2, 0) is 0 Å². The van der Waals surface area contributed by atoms with E-state index in [0.29, 0.717) is 33.2 Å². The van der Waals surface area contributed by atoms with E-state index >= 15 is 0 Å². The second-order valence-corrected chi connectivity index (χ2v) is 4.22. The molecule has 0 aliphatic carbocycles. The lowest BCUT2D eigenvalue weighted by molar-refractivity contribution is 1.42. The van der Waals surface area contributed by atoms with Crippen molar-refractivity contribution in [1.82, 2.24) is 0 Å². The molecule has 4 nitrogen and oxygen atoms in total. The summed E-state index contributed by atoms with van der Waals surface area (Å²) in [6.07, 6.45) is 0. The van der Waals surface area contributed by atoms with Crippen LogP contribution in [0.1, 0.15) is 11.1 Å². The van der Waals surface area contributed by atoms with Gasteiger partial charge in [0.1, 0.15) is 12.1 Å². The fraction of sp³-hybridized carbons (Fsp3) is 0. The van der Waals surface area contributed by atoms with Gasteiger partial charge in [-0.25, -0.2) is 0 Å². The largest absolute Gasteiger partial charge is 0.396 e. The standard InChI is InChI=1S/C14H9ClN4/c15-12-2-1-3-13(14(12)18)19-11-5-4-9(7-16)10(6-11)8-17/h1-6,19H,18H2. The quantitative estimate of drug-likeness (QED) is 0.817. The van der Waals surface area contributed by atoms with Crippen molar-refractivity contribution in [2.75, 3.05) is 11.1 Å². The average molecular weight is 269 g/mol. The van der Waals surface area contributed by atoms with Gasteiger partial charge >= 0.3 is 0 Å². The summed E-state index contributed by atoms with van der Waals surface area (Å²) in [5.74, 6) is 0. The van der Waals surface area contributed by atoms with Gasteiger partial charge in [-0.3, -0.25) is 0 Å². The molecule has 3 N–H and O–H groups in total. The molecule has 5 heteroatoms. The first kappa shape index (κ1) is 12.8. The number of hydrogen-bond acceptors (Lipinski definition) is 4. The van der Waals surface area contributed by atoms with Gasteiger partial charge in [0, 0.05) is 5.69 Å². The second-order valence-electron chi connectivity index (χ2n) is 3.81. The molecule has 0 unspecified atom stereocenters. The molecule has 92 valence electrons. The zero-order chi connectivity index (χ0) is 13.8. The lowest BCUT2D eigenvalue weighted by Crippen LogP contribution is -1.97. The third-order valence-electron chi connectivity index (χ3n) is 2.59.